The molecule has 0 spiro atoms. The summed E-state index contributed by atoms with van der Waals surface area (Å²) in [5.74, 6) is 0. The van der Waals surface area contributed by atoms with Crippen LogP contribution >= 0.6 is 11.3 Å². The van der Waals surface area contributed by atoms with Crippen LogP contribution in [0.3, 0.4) is 0 Å². The van der Waals surface area contributed by atoms with E-state index in [0.717, 1.165) is 51.1 Å². The molecule has 148 valence electrons. The second-order valence-electron chi connectivity index (χ2n) is 7.60. The molecule has 1 aliphatic heterocycles. The molecule has 0 amide bonds. The molecule has 3 aromatic rings. The number of aliphatic hydroxyl groups is 1. The van der Waals surface area contributed by atoms with Crippen LogP contribution in [-0.2, 0) is 13.0 Å². The predicted molar refractivity (Wildman–Crippen MR) is 117 cm³/mol. The molecule has 4 rings (SSSR count). The number of aryl methyl sites for hydroxylation is 1. The molecular weight excluding hydrogens is 366 g/mol. The Morgan fingerprint density at radius 3 is 2.68 bits per heavy atom. The zero-order valence-corrected chi connectivity index (χ0v) is 17.2. The van der Waals surface area contributed by atoms with Gasteiger partial charge in [-0.15, -0.1) is 11.3 Å². The maximum absolute atomic E-state index is 9.56. The highest BCUT2D eigenvalue weighted by atomic mass is 32.1. The Labute approximate surface area is 171 Å². The monoisotopic (exact) mass is 395 g/mol. The summed E-state index contributed by atoms with van der Waals surface area (Å²) in [5, 5.41) is 10.8. The molecule has 1 saturated heterocycles. The van der Waals surface area contributed by atoms with Crippen molar-refractivity contribution >= 4 is 21.6 Å². The van der Waals surface area contributed by atoms with E-state index in [0.29, 0.717) is 6.04 Å². The summed E-state index contributed by atoms with van der Waals surface area (Å²) in [6.45, 7) is 5.44. The minimum absolute atomic E-state index is 0.259. The molecule has 1 aromatic heterocycles. The molecule has 1 unspecified atom stereocenters. The third kappa shape index (κ3) is 4.97. The average molecular weight is 396 g/mol. The van der Waals surface area contributed by atoms with E-state index in [1.54, 1.807) is 11.3 Å². The van der Waals surface area contributed by atoms with Gasteiger partial charge in [-0.25, -0.2) is 4.98 Å². The topological polar surface area (TPSA) is 39.6 Å². The number of benzene rings is 2. The number of aliphatic hydroxyl groups excluding tert-OH is 1. The fourth-order valence-electron chi connectivity index (χ4n) is 4.13. The van der Waals surface area contributed by atoms with Crippen molar-refractivity contribution in [2.75, 3.05) is 32.8 Å². The minimum atomic E-state index is 0.259. The molecule has 5 heteroatoms. The van der Waals surface area contributed by atoms with E-state index >= 15 is 0 Å². The van der Waals surface area contributed by atoms with Gasteiger partial charge >= 0.3 is 0 Å². The van der Waals surface area contributed by atoms with Gasteiger partial charge in [0.1, 0.15) is 5.01 Å². The minimum Gasteiger partial charge on any atom is -0.396 e. The molecule has 1 N–H and O–H groups in total. The van der Waals surface area contributed by atoms with Gasteiger partial charge < -0.3 is 5.11 Å². The number of piperazine rings is 1. The van der Waals surface area contributed by atoms with Crippen LogP contribution in [0.4, 0.5) is 0 Å². The smallest absolute Gasteiger partial charge is 0.108 e. The van der Waals surface area contributed by atoms with Crippen LogP contribution in [0.5, 0.6) is 0 Å². The van der Waals surface area contributed by atoms with Gasteiger partial charge in [0.15, 0.2) is 0 Å². The van der Waals surface area contributed by atoms with Gasteiger partial charge in [0.25, 0.3) is 0 Å². The van der Waals surface area contributed by atoms with Crippen LogP contribution in [-0.4, -0.2) is 58.7 Å². The van der Waals surface area contributed by atoms with Gasteiger partial charge in [0, 0.05) is 32.3 Å². The van der Waals surface area contributed by atoms with Crippen molar-refractivity contribution in [2.24, 2.45) is 0 Å². The first-order valence-corrected chi connectivity index (χ1v) is 11.1. The lowest BCUT2D eigenvalue weighted by atomic mass is 10.1. The third-order valence-electron chi connectivity index (χ3n) is 5.60. The Bertz CT molecular complexity index is 833. The van der Waals surface area contributed by atoms with Gasteiger partial charge in [0.2, 0.25) is 0 Å². The SMILES string of the molecule is OCCC1CN(Cc2nc3ccccc3s2)CCN1CCCc1ccccc1. The molecule has 0 bridgehead atoms. The molecule has 1 aliphatic rings. The van der Waals surface area contributed by atoms with Crippen LogP contribution in [0.15, 0.2) is 54.6 Å². The van der Waals surface area contributed by atoms with E-state index in [-0.39, 0.29) is 6.61 Å². The van der Waals surface area contributed by atoms with Crippen LogP contribution < -0.4 is 0 Å². The molecule has 0 aliphatic carbocycles. The second-order valence-corrected chi connectivity index (χ2v) is 8.72. The summed E-state index contributed by atoms with van der Waals surface area (Å²) in [5.41, 5.74) is 2.52. The largest absolute Gasteiger partial charge is 0.396 e. The molecule has 4 nitrogen and oxygen atoms in total. The van der Waals surface area contributed by atoms with Crippen molar-refractivity contribution in [3.8, 4) is 0 Å². The Balaban J connectivity index is 1.31. The Kier molecular flexibility index (Phi) is 6.70. The van der Waals surface area contributed by atoms with E-state index in [9.17, 15) is 5.11 Å². The van der Waals surface area contributed by atoms with Crippen LogP contribution in [0, 0.1) is 0 Å². The summed E-state index contributed by atoms with van der Waals surface area (Å²) in [6.07, 6.45) is 3.14. The van der Waals surface area contributed by atoms with Crippen molar-refractivity contribution in [3.63, 3.8) is 0 Å². The number of nitrogens with zero attached hydrogens (tertiary/aromatic N) is 3. The molecular formula is C23H29N3OS. The zero-order chi connectivity index (χ0) is 19.2. The predicted octanol–water partition coefficient (Wildman–Crippen LogP) is 3.80. The molecule has 1 fully saturated rings. The fourth-order valence-corrected chi connectivity index (χ4v) is 5.14. The summed E-state index contributed by atoms with van der Waals surface area (Å²) in [7, 11) is 0. The Hall–Kier alpha value is -1.79. The molecule has 0 radical (unpaired) electrons. The fraction of sp³-hybridized carbons (Fsp3) is 0.435. The van der Waals surface area contributed by atoms with Crippen molar-refractivity contribution in [1.29, 1.82) is 0 Å². The van der Waals surface area contributed by atoms with Crippen molar-refractivity contribution in [3.05, 3.63) is 65.2 Å². The van der Waals surface area contributed by atoms with Gasteiger partial charge in [-0.1, -0.05) is 42.5 Å². The number of rotatable bonds is 8. The van der Waals surface area contributed by atoms with Gasteiger partial charge in [-0.2, -0.15) is 0 Å². The van der Waals surface area contributed by atoms with E-state index in [1.165, 1.54) is 21.7 Å². The van der Waals surface area contributed by atoms with Crippen molar-refractivity contribution < 1.29 is 5.11 Å². The first-order chi connectivity index (χ1) is 13.8. The van der Waals surface area contributed by atoms with Crippen LogP contribution in [0.25, 0.3) is 10.2 Å². The molecule has 28 heavy (non-hydrogen) atoms. The number of para-hydroxylation sites is 1. The molecule has 1 atom stereocenters. The summed E-state index contributed by atoms with van der Waals surface area (Å²) in [4.78, 5) is 9.88. The summed E-state index contributed by atoms with van der Waals surface area (Å²) in [6, 6.07) is 19.5. The normalized spacial score (nSPS) is 18.7. The maximum atomic E-state index is 9.56. The van der Waals surface area contributed by atoms with E-state index in [2.05, 4.69) is 64.4 Å². The van der Waals surface area contributed by atoms with E-state index < -0.39 is 0 Å². The summed E-state index contributed by atoms with van der Waals surface area (Å²) >= 11 is 1.80. The number of hydrogen-bond acceptors (Lipinski definition) is 5. The number of thiazole rings is 1. The lowest BCUT2D eigenvalue weighted by molar-refractivity contribution is 0.0547. The standard InChI is InChI=1S/C23H29N3OS/c27-16-12-20-17-25(18-23-24-21-10-4-5-11-22(21)28-23)14-15-26(20)13-6-9-19-7-2-1-3-8-19/h1-5,7-8,10-11,20,27H,6,9,12-18H2. The van der Waals surface area contributed by atoms with E-state index in [4.69, 9.17) is 4.98 Å². The second kappa shape index (κ2) is 9.61. The number of aromatic nitrogens is 1. The first-order valence-electron chi connectivity index (χ1n) is 10.3. The third-order valence-corrected chi connectivity index (χ3v) is 6.62. The molecule has 2 heterocycles. The van der Waals surface area contributed by atoms with Gasteiger partial charge in [-0.3, -0.25) is 9.80 Å². The molecule has 2 aromatic carbocycles. The maximum Gasteiger partial charge on any atom is 0.108 e. The first kappa shape index (κ1) is 19.5. The zero-order valence-electron chi connectivity index (χ0n) is 16.3. The van der Waals surface area contributed by atoms with Crippen LogP contribution in [0.2, 0.25) is 0 Å². The summed E-state index contributed by atoms with van der Waals surface area (Å²) < 4.78 is 1.27. The van der Waals surface area contributed by atoms with Gasteiger partial charge in [0.05, 0.1) is 16.8 Å². The number of hydrogen-bond donors (Lipinski definition) is 1. The Morgan fingerprint density at radius 2 is 1.86 bits per heavy atom. The highest BCUT2D eigenvalue weighted by Gasteiger charge is 2.26. The lowest BCUT2D eigenvalue weighted by Crippen LogP contribution is -2.53. The van der Waals surface area contributed by atoms with Crippen LogP contribution in [0.1, 0.15) is 23.4 Å². The number of fused-ring (bicyclic) bond motifs is 1. The highest BCUT2D eigenvalue weighted by molar-refractivity contribution is 7.18. The van der Waals surface area contributed by atoms with Crippen molar-refractivity contribution in [1.82, 2.24) is 14.8 Å². The van der Waals surface area contributed by atoms with Crippen molar-refractivity contribution in [2.45, 2.75) is 31.8 Å². The highest BCUT2D eigenvalue weighted by Crippen LogP contribution is 2.24. The average Bonchev–Trinajstić information content (AvgIpc) is 3.13. The van der Waals surface area contributed by atoms with E-state index in [1.807, 2.05) is 0 Å². The van der Waals surface area contributed by atoms with Gasteiger partial charge in [-0.05, 0) is 43.5 Å². The quantitative estimate of drug-likeness (QED) is 0.630. The Morgan fingerprint density at radius 1 is 1.04 bits per heavy atom. The lowest BCUT2D eigenvalue weighted by Gasteiger charge is -2.41. The molecule has 0 saturated carbocycles.